The van der Waals surface area contributed by atoms with Crippen molar-refractivity contribution in [2.24, 2.45) is 0 Å². The van der Waals surface area contributed by atoms with Crippen LogP contribution in [0.5, 0.6) is 11.5 Å². The van der Waals surface area contributed by atoms with Crippen LogP contribution in [-0.4, -0.2) is 17.3 Å². The molecule has 1 aromatic rings. The maximum atomic E-state index is 12.9. The molecule has 0 aliphatic rings. The Bertz CT molecular complexity index is 342. The zero-order valence-electron chi connectivity index (χ0n) is 8.34. The van der Waals surface area contributed by atoms with Crippen molar-refractivity contribution < 1.29 is 19.3 Å². The van der Waals surface area contributed by atoms with E-state index in [2.05, 4.69) is 0 Å². The lowest BCUT2D eigenvalue weighted by Gasteiger charge is -2.21. The van der Waals surface area contributed by atoms with Crippen LogP contribution in [0.15, 0.2) is 12.1 Å². The van der Waals surface area contributed by atoms with Crippen LogP contribution in [0, 0.1) is 5.82 Å². The fourth-order valence-electron chi connectivity index (χ4n) is 1.19. The minimum absolute atomic E-state index is 0.216. The van der Waals surface area contributed by atoms with E-state index in [-0.39, 0.29) is 5.75 Å². The lowest BCUT2D eigenvalue weighted by molar-refractivity contribution is 0.0752. The second-order valence-corrected chi connectivity index (χ2v) is 3.56. The lowest BCUT2D eigenvalue weighted by Crippen LogP contribution is -2.16. The Morgan fingerprint density at radius 3 is 2.36 bits per heavy atom. The molecule has 0 saturated carbocycles. The smallest absolute Gasteiger partial charge is 0.168 e. The highest BCUT2D eigenvalue weighted by atomic mass is 19.1. The number of rotatable bonds is 2. The van der Waals surface area contributed by atoms with Crippen molar-refractivity contribution >= 4 is 0 Å². The van der Waals surface area contributed by atoms with Crippen molar-refractivity contribution in [2.75, 3.05) is 7.11 Å². The third-order valence-corrected chi connectivity index (χ3v) is 1.93. The minimum Gasteiger partial charge on any atom is -0.505 e. The first-order valence-corrected chi connectivity index (χ1v) is 4.15. The Balaban J connectivity index is 3.35. The van der Waals surface area contributed by atoms with Gasteiger partial charge in [0.1, 0.15) is 5.75 Å². The molecule has 0 aromatic heterocycles. The Hall–Kier alpha value is -1.29. The van der Waals surface area contributed by atoms with Crippen molar-refractivity contribution in [1.29, 1.82) is 0 Å². The molecular weight excluding hydrogens is 187 g/mol. The van der Waals surface area contributed by atoms with E-state index in [1.54, 1.807) is 0 Å². The van der Waals surface area contributed by atoms with E-state index < -0.39 is 17.2 Å². The molecule has 1 aromatic carbocycles. The molecule has 0 saturated heterocycles. The van der Waals surface area contributed by atoms with Gasteiger partial charge in [-0.15, -0.1) is 0 Å². The standard InChI is InChI=1S/C10H13FO3/c1-10(2,13)6-4-8(12)7(11)5-9(6)14-3/h4-5,12-13H,1-3H3. The first-order valence-electron chi connectivity index (χ1n) is 4.15. The second-order valence-electron chi connectivity index (χ2n) is 3.56. The number of hydrogen-bond donors (Lipinski definition) is 2. The summed E-state index contributed by atoms with van der Waals surface area (Å²) in [6.45, 7) is 3.06. The fraction of sp³-hybridized carbons (Fsp3) is 0.400. The molecule has 1 rings (SSSR count). The van der Waals surface area contributed by atoms with Gasteiger partial charge in [-0.1, -0.05) is 0 Å². The molecule has 14 heavy (non-hydrogen) atoms. The van der Waals surface area contributed by atoms with Crippen LogP contribution >= 0.6 is 0 Å². The quantitative estimate of drug-likeness (QED) is 0.764. The van der Waals surface area contributed by atoms with Gasteiger partial charge in [-0.05, 0) is 19.9 Å². The minimum atomic E-state index is -1.18. The van der Waals surface area contributed by atoms with Crippen LogP contribution in [0.2, 0.25) is 0 Å². The van der Waals surface area contributed by atoms with Gasteiger partial charge in [-0.25, -0.2) is 4.39 Å². The molecule has 0 spiro atoms. The summed E-state index contributed by atoms with van der Waals surface area (Å²) in [6, 6.07) is 2.21. The summed E-state index contributed by atoms with van der Waals surface area (Å²) in [7, 11) is 1.38. The van der Waals surface area contributed by atoms with Crippen LogP contribution < -0.4 is 4.74 Å². The molecular formula is C10H13FO3. The van der Waals surface area contributed by atoms with Crippen molar-refractivity contribution in [2.45, 2.75) is 19.4 Å². The Morgan fingerprint density at radius 1 is 1.36 bits per heavy atom. The van der Waals surface area contributed by atoms with Crippen molar-refractivity contribution in [3.63, 3.8) is 0 Å². The molecule has 0 unspecified atom stereocenters. The number of benzene rings is 1. The number of phenolic OH excluding ortho intramolecular Hbond substituents is 1. The monoisotopic (exact) mass is 200 g/mol. The van der Waals surface area contributed by atoms with E-state index in [4.69, 9.17) is 9.84 Å². The Morgan fingerprint density at radius 2 is 1.93 bits per heavy atom. The van der Waals surface area contributed by atoms with Crippen molar-refractivity contribution in [3.8, 4) is 11.5 Å². The molecule has 0 atom stereocenters. The van der Waals surface area contributed by atoms with Crippen LogP contribution in [0.3, 0.4) is 0 Å². The van der Waals surface area contributed by atoms with Crippen molar-refractivity contribution in [3.05, 3.63) is 23.5 Å². The number of aromatic hydroxyl groups is 1. The van der Waals surface area contributed by atoms with Gasteiger partial charge in [0.2, 0.25) is 0 Å². The molecule has 4 heteroatoms. The Labute approximate surface area is 81.8 Å². The molecule has 0 aliphatic carbocycles. The third-order valence-electron chi connectivity index (χ3n) is 1.93. The van der Waals surface area contributed by atoms with E-state index in [9.17, 15) is 9.50 Å². The highest BCUT2D eigenvalue weighted by Crippen LogP contribution is 2.34. The number of phenols is 1. The van der Waals surface area contributed by atoms with Gasteiger partial charge in [0, 0.05) is 11.6 Å². The largest absolute Gasteiger partial charge is 0.505 e. The molecule has 0 aliphatic heterocycles. The zero-order valence-corrected chi connectivity index (χ0v) is 8.34. The number of aliphatic hydroxyl groups is 1. The average molecular weight is 200 g/mol. The van der Waals surface area contributed by atoms with Gasteiger partial charge in [0.05, 0.1) is 12.7 Å². The molecule has 0 heterocycles. The molecule has 3 nitrogen and oxygen atoms in total. The topological polar surface area (TPSA) is 49.7 Å². The summed E-state index contributed by atoms with van der Waals surface area (Å²) in [5.41, 5.74) is -0.838. The SMILES string of the molecule is COc1cc(F)c(O)cc1C(C)(C)O. The van der Waals surface area contributed by atoms with Gasteiger partial charge in [-0.3, -0.25) is 0 Å². The van der Waals surface area contributed by atoms with Gasteiger partial charge in [0.25, 0.3) is 0 Å². The van der Waals surface area contributed by atoms with E-state index >= 15 is 0 Å². The summed E-state index contributed by atoms with van der Waals surface area (Å²) < 4.78 is 17.8. The molecule has 78 valence electrons. The zero-order chi connectivity index (χ0) is 10.9. The third kappa shape index (κ3) is 1.96. The summed E-state index contributed by atoms with van der Waals surface area (Å²) in [6.07, 6.45) is 0. The van der Waals surface area contributed by atoms with Crippen LogP contribution in [-0.2, 0) is 5.60 Å². The van der Waals surface area contributed by atoms with E-state index in [1.165, 1.54) is 21.0 Å². The molecule has 2 N–H and O–H groups in total. The molecule has 0 radical (unpaired) electrons. The number of methoxy groups -OCH3 is 1. The summed E-state index contributed by atoms with van der Waals surface area (Å²) in [5, 5.41) is 18.8. The van der Waals surface area contributed by atoms with Crippen molar-refractivity contribution in [1.82, 2.24) is 0 Å². The second kappa shape index (κ2) is 3.46. The molecule has 0 fully saturated rings. The first kappa shape index (κ1) is 10.8. The van der Waals surface area contributed by atoms with E-state index in [0.29, 0.717) is 5.56 Å². The van der Waals surface area contributed by atoms with Crippen LogP contribution in [0.4, 0.5) is 4.39 Å². The van der Waals surface area contributed by atoms with Gasteiger partial charge in [0.15, 0.2) is 11.6 Å². The van der Waals surface area contributed by atoms with Gasteiger partial charge in [-0.2, -0.15) is 0 Å². The summed E-state index contributed by atoms with van der Waals surface area (Å²) >= 11 is 0. The number of halogens is 1. The van der Waals surface area contributed by atoms with E-state index in [0.717, 1.165) is 12.1 Å². The molecule has 0 amide bonds. The van der Waals surface area contributed by atoms with Crippen LogP contribution in [0.1, 0.15) is 19.4 Å². The first-order chi connectivity index (χ1) is 6.36. The van der Waals surface area contributed by atoms with Gasteiger partial charge < -0.3 is 14.9 Å². The maximum Gasteiger partial charge on any atom is 0.168 e. The highest BCUT2D eigenvalue weighted by molar-refractivity contribution is 5.43. The number of ether oxygens (including phenoxy) is 1. The van der Waals surface area contributed by atoms with Gasteiger partial charge >= 0.3 is 0 Å². The van der Waals surface area contributed by atoms with Crippen LogP contribution in [0.25, 0.3) is 0 Å². The molecule has 0 bridgehead atoms. The highest BCUT2D eigenvalue weighted by Gasteiger charge is 2.23. The number of hydrogen-bond acceptors (Lipinski definition) is 3. The fourth-order valence-corrected chi connectivity index (χ4v) is 1.19. The average Bonchev–Trinajstić information content (AvgIpc) is 2.07. The normalized spacial score (nSPS) is 11.5. The Kier molecular flexibility index (Phi) is 2.66. The maximum absolute atomic E-state index is 12.9. The predicted molar refractivity (Wildman–Crippen MR) is 49.9 cm³/mol. The predicted octanol–water partition coefficient (Wildman–Crippen LogP) is 1.77. The lowest BCUT2D eigenvalue weighted by atomic mass is 9.97. The van der Waals surface area contributed by atoms with E-state index in [1.807, 2.05) is 0 Å². The summed E-state index contributed by atoms with van der Waals surface area (Å²) in [4.78, 5) is 0. The summed E-state index contributed by atoms with van der Waals surface area (Å²) in [5.74, 6) is -1.05.